The van der Waals surface area contributed by atoms with Crippen LogP contribution in [0.5, 0.6) is 11.5 Å². The minimum atomic E-state index is -3.80. The van der Waals surface area contributed by atoms with Crippen LogP contribution in [0.3, 0.4) is 0 Å². The van der Waals surface area contributed by atoms with Crippen LogP contribution in [-0.2, 0) is 27.8 Å². The van der Waals surface area contributed by atoms with Gasteiger partial charge in [0, 0.05) is 24.7 Å². The lowest BCUT2D eigenvalue weighted by Crippen LogP contribution is -2.44. The lowest BCUT2D eigenvalue weighted by molar-refractivity contribution is -0.132. The summed E-state index contributed by atoms with van der Waals surface area (Å²) in [7, 11) is -0.644. The minimum absolute atomic E-state index is 0.124. The Bertz CT molecular complexity index is 1040. The number of fused-ring (bicyclic) bond motifs is 1. The van der Waals surface area contributed by atoms with Crippen molar-refractivity contribution in [2.45, 2.75) is 31.2 Å². The van der Waals surface area contributed by atoms with Crippen LogP contribution in [0.2, 0.25) is 5.02 Å². The van der Waals surface area contributed by atoms with E-state index in [1.807, 2.05) is 19.1 Å². The van der Waals surface area contributed by atoms with Crippen LogP contribution in [0, 0.1) is 0 Å². The predicted molar refractivity (Wildman–Crippen MR) is 119 cm³/mol. The van der Waals surface area contributed by atoms with Crippen LogP contribution < -0.4 is 9.47 Å². The first-order valence-electron chi connectivity index (χ1n) is 10.1. The first-order valence-corrected chi connectivity index (χ1v) is 11.9. The van der Waals surface area contributed by atoms with Gasteiger partial charge in [0.2, 0.25) is 15.9 Å². The van der Waals surface area contributed by atoms with Crippen molar-refractivity contribution in [1.29, 1.82) is 0 Å². The molecule has 2 aromatic rings. The lowest BCUT2D eigenvalue weighted by atomic mass is 9.98. The van der Waals surface area contributed by atoms with Gasteiger partial charge in [-0.15, -0.1) is 0 Å². The third-order valence-electron chi connectivity index (χ3n) is 5.31. The van der Waals surface area contributed by atoms with Gasteiger partial charge in [-0.3, -0.25) is 4.79 Å². The van der Waals surface area contributed by atoms with Crippen LogP contribution in [0.1, 0.15) is 24.5 Å². The average molecular weight is 467 g/mol. The highest BCUT2D eigenvalue weighted by Crippen LogP contribution is 2.33. The highest BCUT2D eigenvalue weighted by atomic mass is 35.5. The summed E-state index contributed by atoms with van der Waals surface area (Å²) in [5.74, 6) is 1.03. The fraction of sp³-hybridized carbons (Fsp3) is 0.409. The molecule has 0 saturated heterocycles. The zero-order valence-electron chi connectivity index (χ0n) is 17.9. The van der Waals surface area contributed by atoms with Gasteiger partial charge in [-0.1, -0.05) is 18.5 Å². The molecule has 0 unspecified atom stereocenters. The Kier molecular flexibility index (Phi) is 7.46. The number of nitrogens with zero attached hydrogens (tertiary/aromatic N) is 2. The number of hydrogen-bond donors (Lipinski definition) is 0. The summed E-state index contributed by atoms with van der Waals surface area (Å²) < 4.78 is 38.1. The van der Waals surface area contributed by atoms with Crippen molar-refractivity contribution >= 4 is 27.5 Å². The third-order valence-corrected chi connectivity index (χ3v) is 7.42. The summed E-state index contributed by atoms with van der Waals surface area (Å²) in [6.45, 7) is 2.84. The molecule has 0 saturated carbocycles. The molecule has 168 valence electrons. The van der Waals surface area contributed by atoms with Gasteiger partial charge in [0.05, 0.1) is 25.7 Å². The second-order valence-corrected chi connectivity index (χ2v) is 9.71. The second-order valence-electron chi connectivity index (χ2n) is 7.33. The van der Waals surface area contributed by atoms with Gasteiger partial charge in [-0.25, -0.2) is 8.42 Å². The molecule has 7 nitrogen and oxygen atoms in total. The number of rotatable bonds is 8. The normalized spacial score (nSPS) is 13.8. The molecule has 2 aromatic carbocycles. The lowest BCUT2D eigenvalue weighted by Gasteiger charge is -2.31. The molecule has 31 heavy (non-hydrogen) atoms. The van der Waals surface area contributed by atoms with E-state index in [0.717, 1.165) is 11.1 Å². The van der Waals surface area contributed by atoms with E-state index in [1.165, 1.54) is 28.6 Å². The largest absolute Gasteiger partial charge is 0.493 e. The van der Waals surface area contributed by atoms with Crippen molar-refractivity contribution in [2.24, 2.45) is 0 Å². The standard InChI is InChI=1S/C22H27ClN2O5S/c1-4-10-25(31(27,28)19-7-5-18(23)6-8-19)15-22(26)24-11-9-16-12-20(29-2)21(30-3)13-17(16)14-24/h5-8,12-13H,4,9-11,14-15H2,1-3H3. The molecule has 0 aromatic heterocycles. The van der Waals surface area contributed by atoms with Crippen molar-refractivity contribution in [1.82, 2.24) is 9.21 Å². The first-order chi connectivity index (χ1) is 14.8. The fourth-order valence-corrected chi connectivity index (χ4v) is 5.24. The summed E-state index contributed by atoms with van der Waals surface area (Å²) in [5.41, 5.74) is 2.07. The number of amides is 1. The Hall–Kier alpha value is -2.29. The highest BCUT2D eigenvalue weighted by Gasteiger charge is 2.29. The van der Waals surface area contributed by atoms with E-state index in [9.17, 15) is 13.2 Å². The van der Waals surface area contributed by atoms with Crippen LogP contribution in [0.4, 0.5) is 0 Å². The maximum atomic E-state index is 13.1. The van der Waals surface area contributed by atoms with Crippen molar-refractivity contribution in [3.05, 3.63) is 52.5 Å². The van der Waals surface area contributed by atoms with Crippen LogP contribution in [-0.4, -0.2) is 57.4 Å². The molecule has 1 heterocycles. The van der Waals surface area contributed by atoms with E-state index < -0.39 is 10.0 Å². The van der Waals surface area contributed by atoms with E-state index in [-0.39, 0.29) is 23.9 Å². The van der Waals surface area contributed by atoms with Gasteiger partial charge in [0.25, 0.3) is 0 Å². The molecule has 0 radical (unpaired) electrons. The van der Waals surface area contributed by atoms with Crippen LogP contribution >= 0.6 is 11.6 Å². The summed E-state index contributed by atoms with van der Waals surface area (Å²) >= 11 is 5.88. The Labute approximate surface area is 188 Å². The van der Waals surface area contributed by atoms with E-state index in [0.29, 0.717) is 42.5 Å². The third kappa shape index (κ3) is 5.14. The number of carbonyl (C=O) groups excluding carboxylic acids is 1. The number of carbonyl (C=O) groups is 1. The van der Waals surface area contributed by atoms with E-state index in [2.05, 4.69) is 0 Å². The molecular weight excluding hydrogens is 440 g/mol. The molecule has 9 heteroatoms. The smallest absolute Gasteiger partial charge is 0.243 e. The molecule has 1 aliphatic rings. The van der Waals surface area contributed by atoms with Crippen LogP contribution in [0.25, 0.3) is 0 Å². The van der Waals surface area contributed by atoms with E-state index in [1.54, 1.807) is 19.1 Å². The molecular formula is C22H27ClN2O5S. The Balaban J connectivity index is 1.78. The summed E-state index contributed by atoms with van der Waals surface area (Å²) in [6.07, 6.45) is 1.26. The molecule has 3 rings (SSSR count). The Morgan fingerprint density at radius 3 is 2.29 bits per heavy atom. The van der Waals surface area contributed by atoms with Crippen molar-refractivity contribution in [3.63, 3.8) is 0 Å². The number of benzene rings is 2. The molecule has 1 aliphatic heterocycles. The zero-order chi connectivity index (χ0) is 22.6. The van der Waals surface area contributed by atoms with E-state index in [4.69, 9.17) is 21.1 Å². The molecule has 0 N–H and O–H groups in total. The van der Waals surface area contributed by atoms with Gasteiger partial charge in [-0.2, -0.15) is 4.31 Å². The number of sulfonamides is 1. The molecule has 0 spiro atoms. The van der Waals surface area contributed by atoms with Gasteiger partial charge in [-0.05, 0) is 60.4 Å². The highest BCUT2D eigenvalue weighted by molar-refractivity contribution is 7.89. The summed E-state index contributed by atoms with van der Waals surface area (Å²) in [4.78, 5) is 14.9. The molecule has 0 bridgehead atoms. The van der Waals surface area contributed by atoms with Gasteiger partial charge < -0.3 is 14.4 Å². The number of ether oxygens (including phenoxy) is 2. The number of methoxy groups -OCH3 is 2. The topological polar surface area (TPSA) is 76.2 Å². The van der Waals surface area contributed by atoms with Gasteiger partial charge in [0.15, 0.2) is 11.5 Å². The maximum absolute atomic E-state index is 13.1. The molecule has 1 amide bonds. The monoisotopic (exact) mass is 466 g/mol. The Morgan fingerprint density at radius 1 is 1.10 bits per heavy atom. The maximum Gasteiger partial charge on any atom is 0.243 e. The zero-order valence-corrected chi connectivity index (χ0v) is 19.5. The molecule has 0 atom stereocenters. The molecule has 0 fully saturated rings. The van der Waals surface area contributed by atoms with Gasteiger partial charge >= 0.3 is 0 Å². The number of halogens is 1. The number of hydrogen-bond acceptors (Lipinski definition) is 5. The quantitative estimate of drug-likeness (QED) is 0.596. The summed E-state index contributed by atoms with van der Waals surface area (Å²) in [6, 6.07) is 9.79. The predicted octanol–water partition coefficient (Wildman–Crippen LogP) is 3.34. The minimum Gasteiger partial charge on any atom is -0.493 e. The van der Waals surface area contributed by atoms with Crippen molar-refractivity contribution in [3.8, 4) is 11.5 Å². The van der Waals surface area contributed by atoms with Gasteiger partial charge in [0.1, 0.15) is 0 Å². The Morgan fingerprint density at radius 2 is 1.71 bits per heavy atom. The molecule has 0 aliphatic carbocycles. The fourth-order valence-electron chi connectivity index (χ4n) is 3.64. The first kappa shape index (κ1) is 23.4. The SMILES string of the molecule is CCCN(CC(=O)N1CCc2cc(OC)c(OC)cc2C1)S(=O)(=O)c1ccc(Cl)cc1. The van der Waals surface area contributed by atoms with Crippen molar-refractivity contribution in [2.75, 3.05) is 33.9 Å². The van der Waals surface area contributed by atoms with Crippen LogP contribution in [0.15, 0.2) is 41.3 Å². The summed E-state index contributed by atoms with van der Waals surface area (Å²) in [5, 5.41) is 0.455. The van der Waals surface area contributed by atoms with E-state index >= 15 is 0 Å². The second kappa shape index (κ2) is 9.89. The average Bonchev–Trinajstić information content (AvgIpc) is 2.77. The van der Waals surface area contributed by atoms with Crippen molar-refractivity contribution < 1.29 is 22.7 Å².